The molecule has 0 radical (unpaired) electrons. The number of hydrogen-bond acceptors (Lipinski definition) is 7. The first-order valence-electron chi connectivity index (χ1n) is 11.5. The first-order valence-corrected chi connectivity index (χ1v) is 13.0. The zero-order valence-electron chi connectivity index (χ0n) is 20.3. The summed E-state index contributed by atoms with van der Waals surface area (Å²) in [6.45, 7) is 7.87. The number of H-pyrrole nitrogens is 1. The number of aromatic amines is 1. The molecule has 1 saturated heterocycles. The Kier molecular flexibility index (Phi) is 6.79. The highest BCUT2D eigenvalue weighted by atomic mass is 32.2. The molecule has 1 aliphatic heterocycles. The molecule has 3 heterocycles. The molecule has 1 aromatic carbocycles. The lowest BCUT2D eigenvalue weighted by atomic mass is 10.1. The van der Waals surface area contributed by atoms with Crippen LogP contribution in [0.3, 0.4) is 0 Å². The number of hydrogen-bond donors (Lipinski definition) is 2. The fourth-order valence-corrected chi connectivity index (χ4v) is 5.65. The van der Waals surface area contributed by atoms with E-state index < -0.39 is 10.0 Å². The smallest absolute Gasteiger partial charge is 0.277 e. The van der Waals surface area contributed by atoms with Crippen molar-refractivity contribution in [3.8, 4) is 17.1 Å². The Hall–Kier alpha value is -2.76. The van der Waals surface area contributed by atoms with Crippen molar-refractivity contribution in [1.82, 2.24) is 29.4 Å². The Bertz CT molecular complexity index is 1360. The van der Waals surface area contributed by atoms with Gasteiger partial charge in [-0.05, 0) is 57.5 Å². The van der Waals surface area contributed by atoms with Crippen LogP contribution in [-0.2, 0) is 23.5 Å². The van der Waals surface area contributed by atoms with Gasteiger partial charge in [0.25, 0.3) is 5.56 Å². The molecule has 0 aliphatic carbocycles. The van der Waals surface area contributed by atoms with Crippen molar-refractivity contribution >= 4 is 21.1 Å². The van der Waals surface area contributed by atoms with Crippen molar-refractivity contribution in [3.05, 3.63) is 34.2 Å². The number of ether oxygens (including phenoxy) is 1. The normalized spacial score (nSPS) is 17.2. The van der Waals surface area contributed by atoms with Crippen LogP contribution in [0.5, 0.6) is 5.75 Å². The molecule has 0 spiro atoms. The van der Waals surface area contributed by atoms with E-state index in [4.69, 9.17) is 9.72 Å². The monoisotopic (exact) mass is 488 g/mol. The van der Waals surface area contributed by atoms with Gasteiger partial charge in [-0.25, -0.2) is 18.1 Å². The van der Waals surface area contributed by atoms with Gasteiger partial charge >= 0.3 is 0 Å². The molecule has 184 valence electrons. The van der Waals surface area contributed by atoms with Crippen molar-refractivity contribution < 1.29 is 13.2 Å². The second-order valence-electron chi connectivity index (χ2n) is 9.24. The summed E-state index contributed by atoms with van der Waals surface area (Å²) in [5.41, 5.74) is 1.69. The van der Waals surface area contributed by atoms with Crippen molar-refractivity contribution in [2.75, 3.05) is 26.7 Å². The van der Waals surface area contributed by atoms with E-state index in [9.17, 15) is 13.2 Å². The highest BCUT2D eigenvalue weighted by Crippen LogP contribution is 2.31. The molecular weight excluding hydrogens is 456 g/mol. The quantitative estimate of drug-likeness (QED) is 0.497. The average Bonchev–Trinajstić information content (AvgIpc) is 3.30. The number of nitrogens with zero attached hydrogens (tertiary/aromatic N) is 4. The van der Waals surface area contributed by atoms with Gasteiger partial charge < -0.3 is 14.6 Å². The predicted molar refractivity (Wildman–Crippen MR) is 131 cm³/mol. The second kappa shape index (κ2) is 9.47. The number of aromatic nitrogens is 4. The summed E-state index contributed by atoms with van der Waals surface area (Å²) in [5.74, 6) is 1.02. The Balaban J connectivity index is 1.82. The molecule has 0 amide bonds. The van der Waals surface area contributed by atoms with Crippen LogP contribution in [0, 0.1) is 5.92 Å². The lowest BCUT2D eigenvalue weighted by Crippen LogP contribution is -2.36. The molecule has 1 atom stereocenters. The number of fused-ring (bicyclic) bond motifs is 1. The van der Waals surface area contributed by atoms with Crippen molar-refractivity contribution in [3.63, 3.8) is 0 Å². The lowest BCUT2D eigenvalue weighted by Gasteiger charge is -2.15. The molecule has 2 aromatic heterocycles. The highest BCUT2D eigenvalue weighted by molar-refractivity contribution is 7.89. The Morgan fingerprint density at radius 2 is 2.06 bits per heavy atom. The van der Waals surface area contributed by atoms with Crippen molar-refractivity contribution in [1.29, 1.82) is 0 Å². The molecule has 0 saturated carbocycles. The molecular formula is C23H32N6O4S. The fourth-order valence-electron chi connectivity index (χ4n) is 4.36. The first-order chi connectivity index (χ1) is 16.1. The minimum atomic E-state index is -3.77. The van der Waals surface area contributed by atoms with Crippen molar-refractivity contribution in [2.24, 2.45) is 13.0 Å². The van der Waals surface area contributed by atoms with E-state index >= 15 is 0 Å². The maximum absolute atomic E-state index is 13.1. The van der Waals surface area contributed by atoms with Gasteiger partial charge in [0.05, 0.1) is 22.8 Å². The molecule has 3 aromatic rings. The zero-order chi connectivity index (χ0) is 24.6. The van der Waals surface area contributed by atoms with E-state index in [1.165, 1.54) is 16.8 Å². The maximum Gasteiger partial charge on any atom is 0.277 e. The molecule has 10 nitrogen and oxygen atoms in total. The van der Waals surface area contributed by atoms with Gasteiger partial charge in [-0.15, -0.1) is 0 Å². The third kappa shape index (κ3) is 4.86. The Morgan fingerprint density at radius 1 is 1.29 bits per heavy atom. The summed E-state index contributed by atoms with van der Waals surface area (Å²) >= 11 is 0. The summed E-state index contributed by atoms with van der Waals surface area (Å²) in [5, 5.41) is 4.50. The number of likely N-dealkylation sites (N-methyl/N-ethyl adjacent to an activating group) is 1. The minimum absolute atomic E-state index is 0.0943. The number of sulfonamides is 1. The standard InChI is InChI=1S/C23H32N6O4S/c1-6-33-19-8-7-16(34(31,32)27-15-9-10-28(4)13-15)12-17(19)22-24-20-18(11-14(2)3)26-29(5)21(20)23(30)25-22/h7-8,12,14-15,27H,6,9-11,13H2,1-5H3,(H,24,25,30). The zero-order valence-corrected chi connectivity index (χ0v) is 21.1. The van der Waals surface area contributed by atoms with Crippen LogP contribution in [-0.4, -0.2) is 65.9 Å². The van der Waals surface area contributed by atoms with Crippen LogP contribution >= 0.6 is 0 Å². The molecule has 1 fully saturated rings. The van der Waals surface area contributed by atoms with E-state index in [1.807, 2.05) is 14.0 Å². The van der Waals surface area contributed by atoms with E-state index in [-0.39, 0.29) is 22.3 Å². The summed E-state index contributed by atoms with van der Waals surface area (Å²) in [6, 6.07) is 4.49. The summed E-state index contributed by atoms with van der Waals surface area (Å²) in [6.07, 6.45) is 1.42. The number of benzene rings is 1. The number of likely N-dealkylation sites (tertiary alicyclic amines) is 1. The molecule has 34 heavy (non-hydrogen) atoms. The third-order valence-corrected chi connectivity index (χ3v) is 7.41. The Morgan fingerprint density at radius 3 is 2.71 bits per heavy atom. The highest BCUT2D eigenvalue weighted by Gasteiger charge is 2.27. The van der Waals surface area contributed by atoms with Crippen LogP contribution in [0.2, 0.25) is 0 Å². The molecule has 1 unspecified atom stereocenters. The van der Waals surface area contributed by atoms with Crippen LogP contribution in [0.25, 0.3) is 22.4 Å². The topological polar surface area (TPSA) is 122 Å². The second-order valence-corrected chi connectivity index (χ2v) is 11.0. The summed E-state index contributed by atoms with van der Waals surface area (Å²) in [7, 11) is -0.0887. The van der Waals surface area contributed by atoms with Gasteiger partial charge in [0.1, 0.15) is 17.1 Å². The van der Waals surface area contributed by atoms with E-state index in [0.717, 1.165) is 18.7 Å². The third-order valence-electron chi connectivity index (χ3n) is 5.89. The summed E-state index contributed by atoms with van der Waals surface area (Å²) in [4.78, 5) is 22.7. The van der Waals surface area contributed by atoms with Crippen LogP contribution in [0.15, 0.2) is 27.9 Å². The average molecular weight is 489 g/mol. The largest absolute Gasteiger partial charge is 0.493 e. The van der Waals surface area contributed by atoms with Gasteiger partial charge in [0, 0.05) is 19.6 Å². The number of rotatable bonds is 8. The lowest BCUT2D eigenvalue weighted by molar-refractivity contribution is 0.341. The first kappa shape index (κ1) is 24.4. The molecule has 0 bridgehead atoms. The van der Waals surface area contributed by atoms with Gasteiger partial charge in [-0.1, -0.05) is 13.8 Å². The van der Waals surface area contributed by atoms with E-state index in [2.05, 4.69) is 33.6 Å². The van der Waals surface area contributed by atoms with Gasteiger partial charge in [0.15, 0.2) is 5.52 Å². The number of aryl methyl sites for hydroxylation is 1. The SMILES string of the molecule is CCOc1ccc(S(=O)(=O)NC2CCN(C)C2)cc1-c1nc2c(CC(C)C)nn(C)c2c(=O)[nH]1. The number of nitrogens with one attached hydrogen (secondary N) is 2. The summed E-state index contributed by atoms with van der Waals surface area (Å²) < 4.78 is 36.3. The minimum Gasteiger partial charge on any atom is -0.493 e. The van der Waals surface area contributed by atoms with E-state index in [0.29, 0.717) is 47.8 Å². The van der Waals surface area contributed by atoms with Gasteiger partial charge in [-0.2, -0.15) is 5.10 Å². The molecule has 1 aliphatic rings. The van der Waals surface area contributed by atoms with E-state index in [1.54, 1.807) is 13.1 Å². The molecule has 4 rings (SSSR count). The van der Waals surface area contributed by atoms with Gasteiger partial charge in [-0.3, -0.25) is 9.48 Å². The Labute approximate surface area is 199 Å². The maximum atomic E-state index is 13.1. The van der Waals surface area contributed by atoms with Crippen LogP contribution < -0.4 is 15.0 Å². The van der Waals surface area contributed by atoms with Gasteiger partial charge in [0.2, 0.25) is 10.0 Å². The fraction of sp³-hybridized carbons (Fsp3) is 0.522. The van der Waals surface area contributed by atoms with Crippen LogP contribution in [0.4, 0.5) is 0 Å². The van der Waals surface area contributed by atoms with Crippen LogP contribution in [0.1, 0.15) is 32.9 Å². The predicted octanol–water partition coefficient (Wildman–Crippen LogP) is 1.90. The molecule has 2 N–H and O–H groups in total. The molecule has 11 heteroatoms. The van der Waals surface area contributed by atoms with Crippen molar-refractivity contribution in [2.45, 2.75) is 44.6 Å².